The van der Waals surface area contributed by atoms with Crippen molar-refractivity contribution in [2.75, 3.05) is 26.2 Å². The Labute approximate surface area is 79.1 Å². The van der Waals surface area contributed by atoms with E-state index >= 15 is 0 Å². The number of hydrogen-bond donors (Lipinski definition) is 2. The van der Waals surface area contributed by atoms with Crippen molar-refractivity contribution in [2.45, 2.75) is 12.8 Å². The SMILES string of the molecule is NCC1CCN(CC(N)=S)CC1. The summed E-state index contributed by atoms with van der Waals surface area (Å²) in [7, 11) is 0. The van der Waals surface area contributed by atoms with Gasteiger partial charge in [0.05, 0.1) is 4.99 Å². The molecule has 0 atom stereocenters. The molecule has 0 aromatic carbocycles. The molecule has 4 heteroatoms. The van der Waals surface area contributed by atoms with Gasteiger partial charge in [-0.2, -0.15) is 0 Å². The lowest BCUT2D eigenvalue weighted by Gasteiger charge is -2.30. The van der Waals surface area contributed by atoms with Crippen LogP contribution in [0, 0.1) is 5.92 Å². The summed E-state index contributed by atoms with van der Waals surface area (Å²) in [5.74, 6) is 0.715. The van der Waals surface area contributed by atoms with Crippen LogP contribution in [-0.2, 0) is 0 Å². The summed E-state index contributed by atoms with van der Waals surface area (Å²) in [6.45, 7) is 3.78. The number of nitrogens with zero attached hydrogens (tertiary/aromatic N) is 1. The highest BCUT2D eigenvalue weighted by atomic mass is 32.1. The molecule has 0 bridgehead atoms. The Morgan fingerprint density at radius 1 is 1.42 bits per heavy atom. The number of piperidine rings is 1. The molecule has 0 aromatic rings. The molecular weight excluding hydrogens is 170 g/mol. The number of likely N-dealkylation sites (tertiary alicyclic amines) is 1. The Kier molecular flexibility index (Phi) is 3.91. The monoisotopic (exact) mass is 187 g/mol. The van der Waals surface area contributed by atoms with Crippen LogP contribution < -0.4 is 11.5 Å². The molecule has 0 aromatic heterocycles. The maximum absolute atomic E-state index is 5.58. The molecule has 70 valence electrons. The lowest BCUT2D eigenvalue weighted by Crippen LogP contribution is -2.40. The first kappa shape index (κ1) is 9.89. The van der Waals surface area contributed by atoms with Gasteiger partial charge in [0, 0.05) is 6.54 Å². The average molecular weight is 187 g/mol. The van der Waals surface area contributed by atoms with Crippen molar-refractivity contribution in [1.82, 2.24) is 4.90 Å². The van der Waals surface area contributed by atoms with E-state index in [1.807, 2.05) is 0 Å². The van der Waals surface area contributed by atoms with Crippen molar-refractivity contribution in [3.63, 3.8) is 0 Å². The van der Waals surface area contributed by atoms with Crippen LogP contribution >= 0.6 is 12.2 Å². The van der Waals surface area contributed by atoms with E-state index in [1.165, 1.54) is 12.8 Å². The minimum Gasteiger partial charge on any atom is -0.392 e. The third kappa shape index (κ3) is 3.05. The Morgan fingerprint density at radius 2 is 2.00 bits per heavy atom. The van der Waals surface area contributed by atoms with E-state index in [9.17, 15) is 0 Å². The third-order valence-corrected chi connectivity index (χ3v) is 2.55. The summed E-state index contributed by atoms with van der Waals surface area (Å²) in [4.78, 5) is 2.90. The van der Waals surface area contributed by atoms with Crippen molar-refractivity contribution in [1.29, 1.82) is 0 Å². The van der Waals surface area contributed by atoms with Crippen LogP contribution in [0.1, 0.15) is 12.8 Å². The van der Waals surface area contributed by atoms with E-state index in [1.54, 1.807) is 0 Å². The molecule has 1 aliphatic heterocycles. The quantitative estimate of drug-likeness (QED) is 0.608. The smallest absolute Gasteiger partial charge is 0.0870 e. The van der Waals surface area contributed by atoms with Crippen molar-refractivity contribution >= 4 is 17.2 Å². The van der Waals surface area contributed by atoms with E-state index in [0.717, 1.165) is 26.2 Å². The van der Waals surface area contributed by atoms with Crippen LogP contribution in [0.2, 0.25) is 0 Å². The highest BCUT2D eigenvalue weighted by molar-refractivity contribution is 7.80. The van der Waals surface area contributed by atoms with Crippen LogP contribution in [0.4, 0.5) is 0 Å². The third-order valence-electron chi connectivity index (χ3n) is 2.42. The van der Waals surface area contributed by atoms with Gasteiger partial charge < -0.3 is 11.5 Å². The van der Waals surface area contributed by atoms with Gasteiger partial charge in [-0.3, -0.25) is 4.90 Å². The molecule has 0 amide bonds. The second-order valence-corrected chi connectivity index (χ2v) is 3.95. The van der Waals surface area contributed by atoms with Crippen LogP contribution in [0.5, 0.6) is 0 Å². The molecule has 0 spiro atoms. The predicted molar refractivity (Wildman–Crippen MR) is 55.0 cm³/mol. The standard InChI is InChI=1S/C8H17N3S/c9-5-7-1-3-11(4-2-7)6-8(10)12/h7H,1-6,9H2,(H2,10,12). The summed E-state index contributed by atoms with van der Waals surface area (Å²) in [5, 5.41) is 0. The lowest BCUT2D eigenvalue weighted by atomic mass is 9.97. The van der Waals surface area contributed by atoms with Crippen LogP contribution in [-0.4, -0.2) is 36.1 Å². The fourth-order valence-electron chi connectivity index (χ4n) is 1.60. The lowest BCUT2D eigenvalue weighted by molar-refractivity contribution is 0.210. The molecule has 1 rings (SSSR count). The summed E-state index contributed by atoms with van der Waals surface area (Å²) in [6.07, 6.45) is 2.39. The minimum atomic E-state index is 0.598. The van der Waals surface area contributed by atoms with Gasteiger partial charge in [0.2, 0.25) is 0 Å². The Balaban J connectivity index is 2.21. The molecule has 12 heavy (non-hydrogen) atoms. The fourth-order valence-corrected chi connectivity index (χ4v) is 1.78. The van der Waals surface area contributed by atoms with E-state index in [-0.39, 0.29) is 0 Å². The molecule has 4 N–H and O–H groups in total. The van der Waals surface area contributed by atoms with Gasteiger partial charge >= 0.3 is 0 Å². The first-order valence-electron chi connectivity index (χ1n) is 4.43. The first-order chi connectivity index (χ1) is 5.72. The number of rotatable bonds is 3. The van der Waals surface area contributed by atoms with Gasteiger partial charge in [0.1, 0.15) is 0 Å². The van der Waals surface area contributed by atoms with Gasteiger partial charge in [-0.15, -0.1) is 0 Å². The van der Waals surface area contributed by atoms with Crippen LogP contribution in [0.15, 0.2) is 0 Å². The molecule has 1 saturated heterocycles. The van der Waals surface area contributed by atoms with E-state index in [2.05, 4.69) is 4.90 Å². The van der Waals surface area contributed by atoms with Gasteiger partial charge in [0.15, 0.2) is 0 Å². The van der Waals surface area contributed by atoms with Gasteiger partial charge in [-0.1, -0.05) is 12.2 Å². The minimum absolute atomic E-state index is 0.598. The maximum atomic E-state index is 5.58. The first-order valence-corrected chi connectivity index (χ1v) is 4.84. The largest absolute Gasteiger partial charge is 0.392 e. The van der Waals surface area contributed by atoms with Crippen LogP contribution in [0.3, 0.4) is 0 Å². The summed E-state index contributed by atoms with van der Waals surface area (Å²) in [6, 6.07) is 0. The van der Waals surface area contributed by atoms with Crippen molar-refractivity contribution < 1.29 is 0 Å². The summed E-state index contributed by atoms with van der Waals surface area (Å²) in [5.41, 5.74) is 11.0. The summed E-state index contributed by atoms with van der Waals surface area (Å²) < 4.78 is 0. The maximum Gasteiger partial charge on any atom is 0.0870 e. The normalized spacial score (nSPS) is 21.1. The molecule has 1 fully saturated rings. The predicted octanol–water partition coefficient (Wildman–Crippen LogP) is -0.0568. The van der Waals surface area contributed by atoms with Crippen molar-refractivity contribution in [3.05, 3.63) is 0 Å². The van der Waals surface area contributed by atoms with E-state index in [0.29, 0.717) is 10.9 Å². The Hall–Kier alpha value is -0.190. The van der Waals surface area contributed by atoms with Gasteiger partial charge in [-0.05, 0) is 38.4 Å². The van der Waals surface area contributed by atoms with Gasteiger partial charge in [0.25, 0.3) is 0 Å². The second-order valence-electron chi connectivity index (χ2n) is 3.42. The molecule has 1 aliphatic rings. The zero-order chi connectivity index (χ0) is 8.97. The fraction of sp³-hybridized carbons (Fsp3) is 0.875. The van der Waals surface area contributed by atoms with Crippen molar-refractivity contribution in [2.24, 2.45) is 17.4 Å². The number of nitrogens with two attached hydrogens (primary N) is 2. The number of thiocarbonyl (C=S) groups is 1. The Morgan fingerprint density at radius 3 is 2.42 bits per heavy atom. The van der Waals surface area contributed by atoms with E-state index < -0.39 is 0 Å². The molecule has 0 radical (unpaired) electrons. The zero-order valence-corrected chi connectivity index (χ0v) is 8.15. The Bertz CT molecular complexity index is 152. The van der Waals surface area contributed by atoms with E-state index in [4.69, 9.17) is 23.7 Å². The molecule has 0 aliphatic carbocycles. The molecule has 1 heterocycles. The summed E-state index contributed by atoms with van der Waals surface area (Å²) >= 11 is 4.85. The highest BCUT2D eigenvalue weighted by Crippen LogP contribution is 2.14. The molecule has 0 unspecified atom stereocenters. The topological polar surface area (TPSA) is 55.3 Å². The highest BCUT2D eigenvalue weighted by Gasteiger charge is 2.17. The average Bonchev–Trinajstić information content (AvgIpc) is 2.05. The molecular formula is C8H17N3S. The molecule has 3 nitrogen and oxygen atoms in total. The molecule has 0 saturated carbocycles. The number of hydrogen-bond acceptors (Lipinski definition) is 3. The van der Waals surface area contributed by atoms with Crippen LogP contribution in [0.25, 0.3) is 0 Å². The zero-order valence-electron chi connectivity index (χ0n) is 7.33. The second kappa shape index (κ2) is 4.74. The van der Waals surface area contributed by atoms with Gasteiger partial charge in [-0.25, -0.2) is 0 Å². The van der Waals surface area contributed by atoms with Crippen molar-refractivity contribution in [3.8, 4) is 0 Å².